The predicted molar refractivity (Wildman–Crippen MR) is 109 cm³/mol. The Morgan fingerprint density at radius 1 is 1.21 bits per heavy atom. The number of nitrogens with zero attached hydrogens (tertiary/aromatic N) is 3. The van der Waals surface area contributed by atoms with Gasteiger partial charge in [-0.1, -0.05) is 6.07 Å². The molecule has 1 aromatic carbocycles. The number of β-amino-alcohol motifs (C(OH)–C–C–N with tert-alkyl or cyclic N) is 1. The number of ether oxygens (including phenoxy) is 2. The number of aryl methyl sites for hydroxylation is 1. The van der Waals surface area contributed by atoms with Gasteiger partial charge >= 0.3 is 0 Å². The average molecular weight is 389 g/mol. The number of aromatic nitrogens is 2. The molecular weight excluding hydrogens is 356 g/mol. The molecule has 7 heteroatoms. The number of likely N-dealkylation sites (tertiary alicyclic amines) is 1. The smallest absolute Gasteiger partial charge is 0.161 e. The third-order valence-corrected chi connectivity index (χ3v) is 5.08. The second-order valence-electron chi connectivity index (χ2n) is 7.19. The van der Waals surface area contributed by atoms with Crippen molar-refractivity contribution < 1.29 is 14.6 Å². The maximum Gasteiger partial charge on any atom is 0.161 e. The van der Waals surface area contributed by atoms with Gasteiger partial charge in [0.05, 0.1) is 13.7 Å². The summed E-state index contributed by atoms with van der Waals surface area (Å²) in [6.45, 7) is 7.52. The third-order valence-electron chi connectivity index (χ3n) is 5.08. The molecule has 1 saturated heterocycles. The molecule has 1 atom stereocenters. The van der Waals surface area contributed by atoms with E-state index in [1.165, 1.54) is 12.8 Å². The fourth-order valence-corrected chi connectivity index (χ4v) is 3.56. The summed E-state index contributed by atoms with van der Waals surface area (Å²) in [5, 5.41) is 13.6. The van der Waals surface area contributed by atoms with Crippen molar-refractivity contribution in [2.45, 2.75) is 45.5 Å². The van der Waals surface area contributed by atoms with Crippen LogP contribution in [0.25, 0.3) is 0 Å². The zero-order valence-electron chi connectivity index (χ0n) is 16.9. The van der Waals surface area contributed by atoms with E-state index in [1.807, 2.05) is 30.6 Å². The van der Waals surface area contributed by atoms with Crippen LogP contribution in [-0.4, -0.2) is 59.0 Å². The number of rotatable bonds is 11. The Morgan fingerprint density at radius 3 is 2.79 bits per heavy atom. The normalized spacial score (nSPS) is 15.7. The van der Waals surface area contributed by atoms with Crippen molar-refractivity contribution in [2.24, 2.45) is 0 Å². The van der Waals surface area contributed by atoms with Crippen molar-refractivity contribution in [1.29, 1.82) is 0 Å². The lowest BCUT2D eigenvalue weighted by atomic mass is 10.2. The van der Waals surface area contributed by atoms with Gasteiger partial charge in [0.2, 0.25) is 0 Å². The van der Waals surface area contributed by atoms with E-state index in [4.69, 9.17) is 9.47 Å². The van der Waals surface area contributed by atoms with Gasteiger partial charge in [-0.2, -0.15) is 0 Å². The number of aliphatic hydroxyl groups is 1. The zero-order valence-corrected chi connectivity index (χ0v) is 16.9. The number of benzene rings is 1. The summed E-state index contributed by atoms with van der Waals surface area (Å²) in [5.41, 5.74) is 1.11. The molecule has 0 spiro atoms. The minimum atomic E-state index is -0.494. The quantitative estimate of drug-likeness (QED) is 0.614. The van der Waals surface area contributed by atoms with E-state index in [1.54, 1.807) is 7.11 Å². The first kappa shape index (κ1) is 20.6. The lowest BCUT2D eigenvalue weighted by Crippen LogP contribution is -2.33. The molecule has 0 radical (unpaired) electrons. The molecule has 0 unspecified atom stereocenters. The van der Waals surface area contributed by atoms with E-state index in [0.717, 1.165) is 31.0 Å². The van der Waals surface area contributed by atoms with E-state index < -0.39 is 6.10 Å². The van der Waals surface area contributed by atoms with Gasteiger partial charge in [-0.15, -0.1) is 0 Å². The van der Waals surface area contributed by atoms with Gasteiger partial charge in [0.25, 0.3) is 0 Å². The van der Waals surface area contributed by atoms with Crippen molar-refractivity contribution in [2.75, 3.05) is 33.4 Å². The Labute approximate surface area is 167 Å². The van der Waals surface area contributed by atoms with Gasteiger partial charge in [-0.3, -0.25) is 0 Å². The zero-order chi connectivity index (χ0) is 19.8. The summed E-state index contributed by atoms with van der Waals surface area (Å²) in [6.07, 6.45) is 5.76. The summed E-state index contributed by atoms with van der Waals surface area (Å²) in [7, 11) is 1.64. The highest BCUT2D eigenvalue weighted by Crippen LogP contribution is 2.28. The molecule has 0 bridgehead atoms. The lowest BCUT2D eigenvalue weighted by molar-refractivity contribution is 0.0747. The van der Waals surface area contributed by atoms with Gasteiger partial charge < -0.3 is 29.4 Å². The van der Waals surface area contributed by atoms with Crippen LogP contribution in [0.15, 0.2) is 30.6 Å². The first-order valence-corrected chi connectivity index (χ1v) is 10.1. The largest absolute Gasteiger partial charge is 0.493 e. The summed E-state index contributed by atoms with van der Waals surface area (Å²) in [6, 6.07) is 5.90. The van der Waals surface area contributed by atoms with Crippen LogP contribution in [0.4, 0.5) is 0 Å². The molecular formula is C21H32N4O3. The molecule has 28 heavy (non-hydrogen) atoms. The number of hydrogen-bond donors (Lipinski definition) is 2. The molecule has 1 aromatic heterocycles. The summed E-state index contributed by atoms with van der Waals surface area (Å²) in [4.78, 5) is 6.65. The van der Waals surface area contributed by atoms with Gasteiger partial charge in [-0.05, 0) is 50.6 Å². The van der Waals surface area contributed by atoms with Crippen LogP contribution in [-0.2, 0) is 19.6 Å². The average Bonchev–Trinajstić information content (AvgIpc) is 3.38. The van der Waals surface area contributed by atoms with Crippen molar-refractivity contribution in [3.63, 3.8) is 0 Å². The van der Waals surface area contributed by atoms with Crippen molar-refractivity contribution in [1.82, 2.24) is 19.8 Å². The molecule has 154 valence electrons. The van der Waals surface area contributed by atoms with Crippen LogP contribution >= 0.6 is 0 Å². The standard InChI is InChI=1S/C21H32N4O3/c1-3-25-11-8-23-21(25)14-22-13-17-6-7-19(20(12-17)27-2)28-16-18(26)15-24-9-4-5-10-24/h6-8,11-12,18,22,26H,3-5,9-10,13-16H2,1-2H3/t18-/m0/s1. The minimum Gasteiger partial charge on any atom is -0.493 e. The number of imidazole rings is 1. The first-order chi connectivity index (χ1) is 13.7. The summed E-state index contributed by atoms with van der Waals surface area (Å²) in [5.74, 6) is 2.37. The molecule has 0 aliphatic carbocycles. The van der Waals surface area contributed by atoms with Crippen LogP contribution in [0.5, 0.6) is 11.5 Å². The van der Waals surface area contributed by atoms with Crippen LogP contribution in [0.1, 0.15) is 31.2 Å². The highest BCUT2D eigenvalue weighted by atomic mass is 16.5. The van der Waals surface area contributed by atoms with Crippen molar-refractivity contribution >= 4 is 0 Å². The topological polar surface area (TPSA) is 71.8 Å². The van der Waals surface area contributed by atoms with E-state index in [2.05, 4.69) is 26.7 Å². The minimum absolute atomic E-state index is 0.268. The Hall–Kier alpha value is -2.09. The Kier molecular flexibility index (Phi) is 7.71. The lowest BCUT2D eigenvalue weighted by Gasteiger charge is -2.20. The van der Waals surface area contributed by atoms with Crippen LogP contribution in [0, 0.1) is 0 Å². The first-order valence-electron chi connectivity index (χ1n) is 10.1. The van der Waals surface area contributed by atoms with E-state index in [-0.39, 0.29) is 6.61 Å². The van der Waals surface area contributed by atoms with E-state index in [9.17, 15) is 5.11 Å². The molecule has 1 fully saturated rings. The molecule has 0 amide bonds. The van der Waals surface area contributed by atoms with Gasteiger partial charge in [0.15, 0.2) is 11.5 Å². The Bertz CT molecular complexity index is 728. The maximum absolute atomic E-state index is 10.2. The van der Waals surface area contributed by atoms with Gasteiger partial charge in [-0.25, -0.2) is 4.98 Å². The molecule has 1 aliphatic heterocycles. The Balaban J connectivity index is 1.48. The molecule has 2 heterocycles. The summed E-state index contributed by atoms with van der Waals surface area (Å²) < 4.78 is 13.4. The molecule has 2 N–H and O–H groups in total. The number of aliphatic hydroxyl groups excluding tert-OH is 1. The van der Waals surface area contributed by atoms with Crippen molar-refractivity contribution in [3.8, 4) is 11.5 Å². The summed E-state index contributed by atoms with van der Waals surface area (Å²) >= 11 is 0. The SMILES string of the molecule is CCn1ccnc1CNCc1ccc(OC[C@@H](O)CN2CCCC2)c(OC)c1. The molecule has 1 aliphatic rings. The maximum atomic E-state index is 10.2. The number of nitrogens with one attached hydrogen (secondary N) is 1. The van der Waals surface area contributed by atoms with Crippen LogP contribution < -0.4 is 14.8 Å². The fourth-order valence-electron chi connectivity index (χ4n) is 3.56. The van der Waals surface area contributed by atoms with Crippen molar-refractivity contribution in [3.05, 3.63) is 42.0 Å². The van der Waals surface area contributed by atoms with Crippen LogP contribution in [0.3, 0.4) is 0 Å². The van der Waals surface area contributed by atoms with E-state index >= 15 is 0 Å². The third kappa shape index (κ3) is 5.70. The highest BCUT2D eigenvalue weighted by Gasteiger charge is 2.17. The number of methoxy groups -OCH3 is 1. The van der Waals surface area contributed by atoms with E-state index in [0.29, 0.717) is 31.1 Å². The highest BCUT2D eigenvalue weighted by molar-refractivity contribution is 5.43. The molecule has 7 nitrogen and oxygen atoms in total. The monoisotopic (exact) mass is 388 g/mol. The second kappa shape index (κ2) is 10.5. The second-order valence-corrected chi connectivity index (χ2v) is 7.19. The predicted octanol–water partition coefficient (Wildman–Crippen LogP) is 2.04. The Morgan fingerprint density at radius 2 is 2.04 bits per heavy atom. The van der Waals surface area contributed by atoms with Gasteiger partial charge in [0, 0.05) is 32.0 Å². The number of hydrogen-bond acceptors (Lipinski definition) is 6. The van der Waals surface area contributed by atoms with Crippen LogP contribution in [0.2, 0.25) is 0 Å². The molecule has 0 saturated carbocycles. The molecule has 2 aromatic rings. The van der Waals surface area contributed by atoms with Gasteiger partial charge in [0.1, 0.15) is 18.5 Å². The molecule has 3 rings (SSSR count). The fraction of sp³-hybridized carbons (Fsp3) is 0.571.